The molecule has 3 aromatic rings. The second-order valence-corrected chi connectivity index (χ2v) is 6.28. The summed E-state index contributed by atoms with van der Waals surface area (Å²) >= 11 is 6.11. The van der Waals surface area contributed by atoms with Gasteiger partial charge < -0.3 is 9.47 Å². The molecule has 2 heterocycles. The third-order valence-corrected chi connectivity index (χ3v) is 4.16. The highest BCUT2D eigenvalue weighted by Crippen LogP contribution is 2.22. The molecule has 0 radical (unpaired) electrons. The van der Waals surface area contributed by atoms with Gasteiger partial charge in [0.05, 0.1) is 17.8 Å². The van der Waals surface area contributed by atoms with Crippen LogP contribution in [0.25, 0.3) is 5.82 Å². The molecule has 0 bridgehead atoms. The molecule has 8 heteroatoms. The lowest BCUT2D eigenvalue weighted by atomic mass is 10.2. The van der Waals surface area contributed by atoms with E-state index < -0.39 is 11.8 Å². The molecule has 3 rings (SSSR count). The number of aromatic nitrogens is 3. The van der Waals surface area contributed by atoms with Crippen LogP contribution in [0.4, 0.5) is 4.39 Å². The average Bonchev–Trinajstić information content (AvgIpc) is 2.98. The number of methoxy groups -OCH3 is 1. The fourth-order valence-corrected chi connectivity index (χ4v) is 2.81. The molecular weight excluding hydrogens is 373 g/mol. The summed E-state index contributed by atoms with van der Waals surface area (Å²) in [5, 5.41) is 4.49. The number of halogens is 2. The van der Waals surface area contributed by atoms with Gasteiger partial charge in [-0.25, -0.2) is 18.9 Å². The number of nitrogens with zero attached hydrogens (tertiary/aromatic N) is 3. The second-order valence-electron chi connectivity index (χ2n) is 5.87. The lowest BCUT2D eigenvalue weighted by Crippen LogP contribution is -2.12. The second kappa shape index (κ2) is 7.75. The summed E-state index contributed by atoms with van der Waals surface area (Å²) in [6.07, 6.45) is 0. The minimum Gasteiger partial charge on any atom is -0.496 e. The highest BCUT2D eigenvalue weighted by atomic mass is 35.5. The van der Waals surface area contributed by atoms with Crippen LogP contribution in [0.5, 0.6) is 5.75 Å². The van der Waals surface area contributed by atoms with Crippen molar-refractivity contribution in [3.63, 3.8) is 0 Å². The molecular formula is C19H17ClFN3O3. The molecule has 0 saturated heterocycles. The number of ether oxygens (including phenoxy) is 2. The Kier molecular flexibility index (Phi) is 5.41. The minimum atomic E-state index is -0.727. The first-order valence-corrected chi connectivity index (χ1v) is 8.46. The van der Waals surface area contributed by atoms with E-state index in [0.717, 1.165) is 11.4 Å². The van der Waals surface area contributed by atoms with Gasteiger partial charge >= 0.3 is 5.97 Å². The van der Waals surface area contributed by atoms with Gasteiger partial charge in [0, 0.05) is 11.3 Å². The van der Waals surface area contributed by atoms with Gasteiger partial charge in [0.25, 0.3) is 0 Å². The maximum Gasteiger partial charge on any atom is 0.358 e. The first-order chi connectivity index (χ1) is 12.9. The third-order valence-electron chi connectivity index (χ3n) is 3.85. The van der Waals surface area contributed by atoms with Crippen LogP contribution in [-0.4, -0.2) is 27.8 Å². The fourth-order valence-electron chi connectivity index (χ4n) is 2.63. The molecule has 140 valence electrons. The summed E-state index contributed by atoms with van der Waals surface area (Å²) in [5.74, 6) is -0.320. The molecule has 0 aliphatic rings. The number of aryl methyl sites for hydroxylation is 2. The van der Waals surface area contributed by atoms with Crippen molar-refractivity contribution in [1.82, 2.24) is 14.8 Å². The monoisotopic (exact) mass is 389 g/mol. The van der Waals surface area contributed by atoms with Gasteiger partial charge in [-0.3, -0.25) is 0 Å². The smallest absolute Gasteiger partial charge is 0.358 e. The summed E-state index contributed by atoms with van der Waals surface area (Å²) in [7, 11) is 1.45. The van der Waals surface area contributed by atoms with Gasteiger partial charge in [-0.05, 0) is 50.2 Å². The van der Waals surface area contributed by atoms with Crippen LogP contribution in [0.2, 0.25) is 5.02 Å². The summed E-state index contributed by atoms with van der Waals surface area (Å²) in [6.45, 7) is 3.56. The molecule has 0 unspecified atom stereocenters. The Morgan fingerprint density at radius 3 is 2.67 bits per heavy atom. The molecule has 0 saturated carbocycles. The quantitative estimate of drug-likeness (QED) is 0.616. The van der Waals surface area contributed by atoms with E-state index in [4.69, 9.17) is 21.1 Å². The number of rotatable bonds is 5. The largest absolute Gasteiger partial charge is 0.496 e. The first-order valence-electron chi connectivity index (χ1n) is 8.08. The van der Waals surface area contributed by atoms with Crippen molar-refractivity contribution < 1.29 is 18.7 Å². The Balaban J connectivity index is 1.84. The van der Waals surface area contributed by atoms with Crippen molar-refractivity contribution in [3.8, 4) is 11.6 Å². The van der Waals surface area contributed by atoms with Crippen LogP contribution in [0.15, 0.2) is 36.4 Å². The predicted molar refractivity (Wildman–Crippen MR) is 97.9 cm³/mol. The van der Waals surface area contributed by atoms with Gasteiger partial charge in [-0.15, -0.1) is 0 Å². The SMILES string of the molecule is COc1ccc(F)cc1COC(=O)c1nc(-n2nc(C)cc2C)ccc1Cl. The molecule has 1 aromatic carbocycles. The Hall–Kier alpha value is -2.93. The van der Waals surface area contributed by atoms with Crippen LogP contribution < -0.4 is 4.74 Å². The topological polar surface area (TPSA) is 66.2 Å². The number of hydrogen-bond donors (Lipinski definition) is 0. The molecule has 0 aliphatic heterocycles. The van der Waals surface area contributed by atoms with Crippen LogP contribution in [0.1, 0.15) is 27.4 Å². The highest BCUT2D eigenvalue weighted by molar-refractivity contribution is 6.33. The van der Waals surface area contributed by atoms with Gasteiger partial charge in [-0.2, -0.15) is 5.10 Å². The fraction of sp³-hybridized carbons (Fsp3) is 0.211. The van der Waals surface area contributed by atoms with Crippen LogP contribution in [0.3, 0.4) is 0 Å². The van der Waals surface area contributed by atoms with E-state index in [2.05, 4.69) is 10.1 Å². The van der Waals surface area contributed by atoms with E-state index in [1.54, 1.807) is 16.8 Å². The van der Waals surface area contributed by atoms with Crippen LogP contribution in [0, 0.1) is 19.7 Å². The van der Waals surface area contributed by atoms with E-state index in [-0.39, 0.29) is 17.3 Å². The molecule has 0 spiro atoms. The van der Waals surface area contributed by atoms with Crippen molar-refractivity contribution >= 4 is 17.6 Å². The zero-order valence-electron chi connectivity index (χ0n) is 15.0. The number of hydrogen-bond acceptors (Lipinski definition) is 5. The maximum absolute atomic E-state index is 13.4. The molecule has 0 amide bonds. The van der Waals surface area contributed by atoms with Crippen molar-refractivity contribution in [1.29, 1.82) is 0 Å². The van der Waals surface area contributed by atoms with E-state index >= 15 is 0 Å². The third kappa shape index (κ3) is 4.09. The van der Waals surface area contributed by atoms with Crippen molar-refractivity contribution in [3.05, 3.63) is 69.9 Å². The highest BCUT2D eigenvalue weighted by Gasteiger charge is 2.18. The van der Waals surface area contributed by atoms with Crippen molar-refractivity contribution in [2.24, 2.45) is 0 Å². The van der Waals surface area contributed by atoms with Gasteiger partial charge in [0.2, 0.25) is 0 Å². The standard InChI is InChI=1S/C19H17ClFN3O3/c1-11-8-12(2)24(23-11)17-7-5-15(20)18(22-17)19(25)27-10-13-9-14(21)4-6-16(13)26-3/h4-9H,10H2,1-3H3. The molecule has 0 fully saturated rings. The Bertz CT molecular complexity index is 1000. The van der Waals surface area contributed by atoms with E-state index in [9.17, 15) is 9.18 Å². The Labute approximate surface area is 160 Å². The van der Waals surface area contributed by atoms with Crippen LogP contribution >= 0.6 is 11.6 Å². The Morgan fingerprint density at radius 1 is 1.22 bits per heavy atom. The lowest BCUT2D eigenvalue weighted by Gasteiger charge is -2.11. The molecule has 2 aromatic heterocycles. The minimum absolute atomic E-state index is 0.0444. The first kappa shape index (κ1) is 18.8. The number of pyridine rings is 1. The van der Waals surface area contributed by atoms with Gasteiger partial charge in [0.15, 0.2) is 11.5 Å². The summed E-state index contributed by atoms with van der Waals surface area (Å²) in [5.41, 5.74) is 2.05. The normalized spacial score (nSPS) is 10.7. The number of benzene rings is 1. The molecule has 27 heavy (non-hydrogen) atoms. The Morgan fingerprint density at radius 2 is 2.00 bits per heavy atom. The number of esters is 1. The molecule has 0 N–H and O–H groups in total. The zero-order chi connectivity index (χ0) is 19.6. The maximum atomic E-state index is 13.4. The molecule has 0 atom stereocenters. The molecule has 6 nitrogen and oxygen atoms in total. The predicted octanol–water partition coefficient (Wildman–Crippen LogP) is 4.04. The van der Waals surface area contributed by atoms with Gasteiger partial charge in [-0.1, -0.05) is 11.6 Å². The van der Waals surface area contributed by atoms with Crippen molar-refractivity contribution in [2.45, 2.75) is 20.5 Å². The van der Waals surface area contributed by atoms with E-state index in [1.807, 2.05) is 19.9 Å². The number of carbonyl (C=O) groups excluding carboxylic acids is 1. The van der Waals surface area contributed by atoms with Gasteiger partial charge in [0.1, 0.15) is 18.2 Å². The van der Waals surface area contributed by atoms with E-state index in [0.29, 0.717) is 17.1 Å². The van der Waals surface area contributed by atoms with Crippen molar-refractivity contribution in [2.75, 3.05) is 7.11 Å². The molecule has 0 aliphatic carbocycles. The van der Waals surface area contributed by atoms with E-state index in [1.165, 1.54) is 25.3 Å². The zero-order valence-corrected chi connectivity index (χ0v) is 15.7. The van der Waals surface area contributed by atoms with Crippen LogP contribution in [-0.2, 0) is 11.3 Å². The summed E-state index contributed by atoms with van der Waals surface area (Å²) < 4.78 is 25.4. The average molecular weight is 390 g/mol. The number of carbonyl (C=O) groups is 1. The lowest BCUT2D eigenvalue weighted by molar-refractivity contribution is 0.0463. The summed E-state index contributed by atoms with van der Waals surface area (Å²) in [4.78, 5) is 16.7. The summed E-state index contributed by atoms with van der Waals surface area (Å²) in [6, 6.07) is 9.08.